The monoisotopic (exact) mass is 696 g/mol. The van der Waals surface area contributed by atoms with Crippen molar-refractivity contribution < 1.29 is 43.8 Å². The standard InChI is InChI=1S/C37H41BN4O9/c1-4-37(35(45)46,38(48)49)41-33(43)30-19-26(51-31-20-29(25-15-9-6-10-16-25)39-28-18-12-11-17-27(28)31)21-42(30)34(44)32(23(2)3)40-36(47)50-22-24-13-7-5-8-14-24/h5-18,20,23,26,30,32,48-49H,4,19,21-22H2,1-3H3,(H,40,47)(H,41,43)(H,45,46). The second-order valence-electron chi connectivity index (χ2n) is 12.8. The van der Waals surface area contributed by atoms with Crippen LogP contribution in [0.15, 0.2) is 91.0 Å². The maximum absolute atomic E-state index is 14.3. The largest absolute Gasteiger partial charge is 0.490 e. The quantitative estimate of drug-likeness (QED) is 0.129. The summed E-state index contributed by atoms with van der Waals surface area (Å²) in [6.45, 7) is 4.70. The number of carboxylic acid groups (broad SMARTS) is 1. The Morgan fingerprint density at radius 3 is 2.25 bits per heavy atom. The zero-order chi connectivity index (χ0) is 36.7. The Bertz CT molecular complexity index is 1860. The molecule has 5 rings (SSSR count). The van der Waals surface area contributed by atoms with Gasteiger partial charge in [0.25, 0.3) is 0 Å². The summed E-state index contributed by atoms with van der Waals surface area (Å²) in [6, 6.07) is 25.3. The fourth-order valence-corrected chi connectivity index (χ4v) is 6.09. The van der Waals surface area contributed by atoms with Gasteiger partial charge in [-0.3, -0.25) is 14.4 Å². The highest BCUT2D eigenvalue weighted by Crippen LogP contribution is 2.33. The minimum Gasteiger partial charge on any atom is -0.488 e. The highest BCUT2D eigenvalue weighted by molar-refractivity contribution is 6.52. The number of amides is 3. The maximum atomic E-state index is 14.3. The molecule has 0 radical (unpaired) electrons. The molecule has 1 saturated heterocycles. The number of carbonyl (C=O) groups is 4. The fourth-order valence-electron chi connectivity index (χ4n) is 6.09. The maximum Gasteiger partial charge on any atom is 0.490 e. The Morgan fingerprint density at radius 1 is 0.980 bits per heavy atom. The van der Waals surface area contributed by atoms with E-state index in [0.29, 0.717) is 22.3 Å². The first kappa shape index (κ1) is 36.8. The van der Waals surface area contributed by atoms with Gasteiger partial charge < -0.3 is 40.2 Å². The van der Waals surface area contributed by atoms with E-state index in [4.69, 9.17) is 14.5 Å². The molecule has 1 aliphatic rings. The van der Waals surface area contributed by atoms with Crippen LogP contribution in [0.2, 0.25) is 0 Å². The Hall–Kier alpha value is -5.47. The molecule has 4 aromatic rings. The second-order valence-corrected chi connectivity index (χ2v) is 12.8. The lowest BCUT2D eigenvalue weighted by Gasteiger charge is -2.33. The number of ether oxygens (including phenoxy) is 2. The number of aliphatic carboxylic acids is 1. The van der Waals surface area contributed by atoms with Crippen LogP contribution in [0.5, 0.6) is 5.75 Å². The molecule has 1 aromatic heterocycles. The number of aromatic nitrogens is 1. The van der Waals surface area contributed by atoms with Gasteiger partial charge in [0.1, 0.15) is 30.5 Å². The lowest BCUT2D eigenvalue weighted by Crippen LogP contribution is -2.67. The summed E-state index contributed by atoms with van der Waals surface area (Å²) in [5.74, 6) is -3.20. The summed E-state index contributed by atoms with van der Waals surface area (Å²) in [5.41, 5.74) is 0.477. The lowest BCUT2D eigenvalue weighted by atomic mass is 9.63. The third kappa shape index (κ3) is 8.30. The first-order valence-corrected chi connectivity index (χ1v) is 16.7. The van der Waals surface area contributed by atoms with Crippen molar-refractivity contribution in [3.8, 4) is 17.0 Å². The van der Waals surface area contributed by atoms with Gasteiger partial charge in [-0.15, -0.1) is 0 Å². The Kier molecular flexibility index (Phi) is 11.6. The van der Waals surface area contributed by atoms with Crippen molar-refractivity contribution in [3.63, 3.8) is 0 Å². The lowest BCUT2D eigenvalue weighted by molar-refractivity contribution is -0.147. The van der Waals surface area contributed by atoms with Gasteiger partial charge in [-0.25, -0.2) is 9.78 Å². The number of nitrogens with one attached hydrogen (secondary N) is 2. The van der Waals surface area contributed by atoms with Crippen LogP contribution in [-0.2, 0) is 25.7 Å². The van der Waals surface area contributed by atoms with Gasteiger partial charge in [0.05, 0.1) is 17.8 Å². The SMILES string of the molecule is CCC(NC(=O)C1CC(Oc2cc(-c3ccccc3)nc3ccccc23)CN1C(=O)C(NC(=O)OCc1ccccc1)C(C)C)(B(O)O)C(=O)O. The van der Waals surface area contributed by atoms with Crippen LogP contribution in [0.4, 0.5) is 4.79 Å². The van der Waals surface area contributed by atoms with Crippen molar-refractivity contribution in [2.24, 2.45) is 5.92 Å². The highest BCUT2D eigenvalue weighted by atomic mass is 16.5. The number of likely N-dealkylation sites (tertiary alicyclic amines) is 1. The molecule has 1 fully saturated rings. The molecule has 13 nitrogen and oxygen atoms in total. The Balaban J connectivity index is 1.45. The summed E-state index contributed by atoms with van der Waals surface area (Å²) in [6.07, 6.45) is -2.04. The summed E-state index contributed by atoms with van der Waals surface area (Å²) in [5, 5.41) is 35.6. The number of nitrogens with zero attached hydrogens (tertiary/aromatic N) is 2. The van der Waals surface area contributed by atoms with Gasteiger partial charge in [-0.1, -0.05) is 93.6 Å². The normalized spacial score (nSPS) is 17.3. The van der Waals surface area contributed by atoms with E-state index in [9.17, 15) is 34.3 Å². The van der Waals surface area contributed by atoms with Crippen molar-refractivity contribution >= 4 is 41.9 Å². The third-order valence-corrected chi connectivity index (χ3v) is 9.04. The van der Waals surface area contributed by atoms with Crippen LogP contribution in [-0.4, -0.2) is 86.2 Å². The summed E-state index contributed by atoms with van der Waals surface area (Å²) < 4.78 is 11.9. The summed E-state index contributed by atoms with van der Waals surface area (Å²) in [7, 11) is -2.44. The molecular formula is C37H41BN4O9. The van der Waals surface area contributed by atoms with Gasteiger partial charge in [0.15, 0.2) is 5.44 Å². The smallest absolute Gasteiger partial charge is 0.488 e. The molecule has 4 unspecified atom stereocenters. The van der Waals surface area contributed by atoms with E-state index >= 15 is 0 Å². The average molecular weight is 697 g/mol. The Labute approximate surface area is 295 Å². The zero-order valence-corrected chi connectivity index (χ0v) is 28.6. The molecule has 0 spiro atoms. The number of benzene rings is 3. The van der Waals surface area contributed by atoms with E-state index in [1.165, 1.54) is 11.8 Å². The van der Waals surface area contributed by atoms with Crippen LogP contribution in [0.1, 0.15) is 39.2 Å². The number of carboxylic acids is 1. The number of para-hydroxylation sites is 1. The number of carbonyl (C=O) groups excluding carboxylic acids is 3. The molecule has 4 atom stereocenters. The van der Waals surface area contributed by atoms with Crippen molar-refractivity contribution in [1.29, 1.82) is 0 Å². The second kappa shape index (κ2) is 16.0. The number of hydrogen-bond acceptors (Lipinski definition) is 9. The molecule has 5 N–H and O–H groups in total. The molecule has 3 aromatic carbocycles. The van der Waals surface area contributed by atoms with Crippen LogP contribution in [0.25, 0.3) is 22.2 Å². The van der Waals surface area contributed by atoms with E-state index < -0.39 is 60.5 Å². The van der Waals surface area contributed by atoms with E-state index in [1.54, 1.807) is 44.2 Å². The molecule has 1 aliphatic heterocycles. The summed E-state index contributed by atoms with van der Waals surface area (Å²) in [4.78, 5) is 59.3. The zero-order valence-electron chi connectivity index (χ0n) is 28.6. The number of rotatable bonds is 13. The van der Waals surface area contributed by atoms with Crippen LogP contribution in [0.3, 0.4) is 0 Å². The van der Waals surface area contributed by atoms with E-state index in [1.807, 2.05) is 60.7 Å². The topological polar surface area (TPSA) is 188 Å². The molecule has 51 heavy (non-hydrogen) atoms. The number of alkyl carbamates (subject to hydrolysis) is 1. The molecule has 3 amide bonds. The fraction of sp³-hybridized carbons (Fsp3) is 0.324. The van der Waals surface area contributed by atoms with Gasteiger partial charge in [-0.2, -0.15) is 0 Å². The highest BCUT2D eigenvalue weighted by Gasteiger charge is 2.52. The number of hydrogen-bond donors (Lipinski definition) is 5. The van der Waals surface area contributed by atoms with E-state index in [0.717, 1.165) is 11.1 Å². The minimum atomic E-state index is -2.44. The molecule has 0 aliphatic carbocycles. The summed E-state index contributed by atoms with van der Waals surface area (Å²) >= 11 is 0. The van der Waals surface area contributed by atoms with Gasteiger partial charge in [-0.05, 0) is 30.0 Å². The van der Waals surface area contributed by atoms with Gasteiger partial charge in [0.2, 0.25) is 11.8 Å². The van der Waals surface area contributed by atoms with E-state index in [-0.39, 0.29) is 26.0 Å². The first-order chi connectivity index (χ1) is 24.4. The van der Waals surface area contributed by atoms with Crippen LogP contribution < -0.4 is 15.4 Å². The van der Waals surface area contributed by atoms with Crippen molar-refractivity contribution in [2.45, 2.75) is 63.8 Å². The van der Waals surface area contributed by atoms with Crippen molar-refractivity contribution in [2.75, 3.05) is 6.54 Å². The molecule has 14 heteroatoms. The van der Waals surface area contributed by atoms with Crippen molar-refractivity contribution in [1.82, 2.24) is 20.5 Å². The predicted octanol–water partition coefficient (Wildman–Crippen LogP) is 3.56. The van der Waals surface area contributed by atoms with Crippen LogP contribution >= 0.6 is 0 Å². The molecule has 0 bridgehead atoms. The van der Waals surface area contributed by atoms with Gasteiger partial charge >= 0.3 is 19.2 Å². The van der Waals surface area contributed by atoms with Crippen molar-refractivity contribution in [3.05, 3.63) is 96.6 Å². The molecule has 266 valence electrons. The third-order valence-electron chi connectivity index (χ3n) is 9.04. The van der Waals surface area contributed by atoms with Gasteiger partial charge in [0, 0.05) is 23.4 Å². The minimum absolute atomic E-state index is 0.0288. The molecule has 0 saturated carbocycles. The average Bonchev–Trinajstić information content (AvgIpc) is 3.56. The van der Waals surface area contributed by atoms with Crippen LogP contribution in [0, 0.1) is 5.92 Å². The number of pyridine rings is 1. The molecule has 2 heterocycles. The predicted molar refractivity (Wildman–Crippen MR) is 189 cm³/mol. The Morgan fingerprint density at radius 2 is 1.63 bits per heavy atom. The number of fused-ring (bicyclic) bond motifs is 1. The van der Waals surface area contributed by atoms with E-state index in [2.05, 4.69) is 10.6 Å². The first-order valence-electron chi connectivity index (χ1n) is 16.7. The molecular weight excluding hydrogens is 655 g/mol.